The molecule has 1 saturated heterocycles. The number of nitrogens with one attached hydrogen (secondary N) is 1. The molecule has 100 valence electrons. The van der Waals surface area contributed by atoms with E-state index < -0.39 is 0 Å². The van der Waals surface area contributed by atoms with E-state index in [0.717, 1.165) is 26.1 Å². The molecule has 0 aromatic carbocycles. The summed E-state index contributed by atoms with van der Waals surface area (Å²) in [5, 5.41) is 3.32. The molecule has 1 N–H and O–H groups in total. The molecule has 1 heterocycles. The van der Waals surface area contributed by atoms with E-state index in [1.54, 1.807) is 0 Å². The Kier molecular flexibility index (Phi) is 4.95. The first-order valence-electron chi connectivity index (χ1n) is 6.47. The van der Waals surface area contributed by atoms with Gasteiger partial charge in [-0.05, 0) is 40.8 Å². The maximum absolute atomic E-state index is 12.0. The third kappa shape index (κ3) is 4.64. The van der Waals surface area contributed by atoms with Crippen molar-refractivity contribution in [2.45, 2.75) is 45.8 Å². The lowest BCUT2D eigenvalue weighted by atomic mass is 9.94. The highest BCUT2D eigenvalue weighted by atomic mass is 16.6. The molecule has 0 aromatic heterocycles. The van der Waals surface area contributed by atoms with Crippen molar-refractivity contribution in [3.05, 3.63) is 0 Å². The van der Waals surface area contributed by atoms with Gasteiger partial charge >= 0.3 is 5.97 Å². The molecular weight excluding hydrogens is 216 g/mol. The van der Waals surface area contributed by atoms with Crippen LogP contribution in [0.25, 0.3) is 0 Å². The summed E-state index contributed by atoms with van der Waals surface area (Å²) in [5.74, 6) is -0.0822. The number of hydrogen-bond acceptors (Lipinski definition) is 4. The number of carbonyl (C=O) groups excluding carboxylic acids is 1. The SMILES string of the molecule is CCN(C)C1CNCC(C(=O)OC(C)(C)C)C1. The molecule has 1 aliphatic heterocycles. The van der Waals surface area contributed by atoms with Crippen molar-refractivity contribution in [1.29, 1.82) is 0 Å². The smallest absolute Gasteiger partial charge is 0.310 e. The standard InChI is InChI=1S/C13H26N2O2/c1-6-15(5)11-7-10(8-14-9-11)12(16)17-13(2,3)4/h10-11,14H,6-9H2,1-5H3. The summed E-state index contributed by atoms with van der Waals surface area (Å²) in [6.07, 6.45) is 0.895. The number of piperidine rings is 1. The van der Waals surface area contributed by atoms with Gasteiger partial charge in [0.1, 0.15) is 5.60 Å². The largest absolute Gasteiger partial charge is 0.460 e. The highest BCUT2D eigenvalue weighted by Crippen LogP contribution is 2.19. The Balaban J connectivity index is 2.52. The molecule has 17 heavy (non-hydrogen) atoms. The van der Waals surface area contributed by atoms with E-state index >= 15 is 0 Å². The molecule has 1 aliphatic rings. The number of carbonyl (C=O) groups is 1. The average Bonchev–Trinajstić information content (AvgIpc) is 2.26. The zero-order chi connectivity index (χ0) is 13.1. The van der Waals surface area contributed by atoms with E-state index in [0.29, 0.717) is 6.04 Å². The second-order valence-electron chi connectivity index (χ2n) is 5.85. The Morgan fingerprint density at radius 2 is 2.06 bits per heavy atom. The zero-order valence-electron chi connectivity index (χ0n) is 11.7. The summed E-state index contributed by atoms with van der Waals surface area (Å²) in [6.45, 7) is 10.6. The molecule has 1 fully saturated rings. The quantitative estimate of drug-likeness (QED) is 0.757. The first kappa shape index (κ1) is 14.5. The van der Waals surface area contributed by atoms with Gasteiger partial charge in [0, 0.05) is 19.1 Å². The molecule has 2 atom stereocenters. The summed E-state index contributed by atoms with van der Waals surface area (Å²) in [7, 11) is 2.10. The average molecular weight is 242 g/mol. The van der Waals surface area contributed by atoms with Gasteiger partial charge in [0.05, 0.1) is 5.92 Å². The number of likely N-dealkylation sites (N-methyl/N-ethyl adjacent to an activating group) is 1. The van der Waals surface area contributed by atoms with Gasteiger partial charge in [0.25, 0.3) is 0 Å². The van der Waals surface area contributed by atoms with Crippen LogP contribution < -0.4 is 5.32 Å². The minimum absolute atomic E-state index is 0.0121. The van der Waals surface area contributed by atoms with Crippen LogP contribution in [0.1, 0.15) is 34.1 Å². The van der Waals surface area contributed by atoms with Crippen molar-refractivity contribution >= 4 is 5.97 Å². The Morgan fingerprint density at radius 3 is 2.59 bits per heavy atom. The predicted molar refractivity (Wildman–Crippen MR) is 68.9 cm³/mol. The van der Waals surface area contributed by atoms with Crippen molar-refractivity contribution in [3.8, 4) is 0 Å². The molecule has 4 nitrogen and oxygen atoms in total. The van der Waals surface area contributed by atoms with Crippen LogP contribution >= 0.6 is 0 Å². The Labute approximate surface area is 105 Å². The summed E-state index contributed by atoms with van der Waals surface area (Å²) in [4.78, 5) is 14.3. The van der Waals surface area contributed by atoms with Gasteiger partial charge in [0.2, 0.25) is 0 Å². The van der Waals surface area contributed by atoms with E-state index in [9.17, 15) is 4.79 Å². The van der Waals surface area contributed by atoms with E-state index in [-0.39, 0.29) is 17.5 Å². The van der Waals surface area contributed by atoms with Crippen LogP contribution in [0.3, 0.4) is 0 Å². The molecule has 2 unspecified atom stereocenters. The molecule has 0 radical (unpaired) electrons. The van der Waals surface area contributed by atoms with Crippen LogP contribution in [0.15, 0.2) is 0 Å². The van der Waals surface area contributed by atoms with E-state index in [4.69, 9.17) is 4.74 Å². The second kappa shape index (κ2) is 5.83. The van der Waals surface area contributed by atoms with Crippen LogP contribution in [-0.2, 0) is 9.53 Å². The first-order chi connectivity index (χ1) is 7.83. The van der Waals surface area contributed by atoms with Crippen molar-refractivity contribution in [2.24, 2.45) is 5.92 Å². The fraction of sp³-hybridized carbons (Fsp3) is 0.923. The van der Waals surface area contributed by atoms with Gasteiger partial charge < -0.3 is 15.0 Å². The molecule has 0 saturated carbocycles. The lowest BCUT2D eigenvalue weighted by molar-refractivity contribution is -0.161. The molecule has 0 spiro atoms. The summed E-state index contributed by atoms with van der Waals surface area (Å²) >= 11 is 0. The Morgan fingerprint density at radius 1 is 1.41 bits per heavy atom. The van der Waals surface area contributed by atoms with Crippen molar-refractivity contribution in [1.82, 2.24) is 10.2 Å². The van der Waals surface area contributed by atoms with Gasteiger partial charge in [-0.2, -0.15) is 0 Å². The zero-order valence-corrected chi connectivity index (χ0v) is 11.7. The number of ether oxygens (including phenoxy) is 1. The van der Waals surface area contributed by atoms with Crippen LogP contribution in [0.5, 0.6) is 0 Å². The van der Waals surface area contributed by atoms with Crippen molar-refractivity contribution < 1.29 is 9.53 Å². The van der Waals surface area contributed by atoms with E-state index in [1.807, 2.05) is 20.8 Å². The topological polar surface area (TPSA) is 41.6 Å². The van der Waals surface area contributed by atoms with Crippen LogP contribution in [-0.4, -0.2) is 49.2 Å². The Bertz CT molecular complexity index is 261. The predicted octanol–water partition coefficient (Wildman–Crippen LogP) is 1.26. The molecule has 4 heteroatoms. The highest BCUT2D eigenvalue weighted by molar-refractivity contribution is 5.73. The Hall–Kier alpha value is -0.610. The molecule has 0 aliphatic carbocycles. The van der Waals surface area contributed by atoms with Crippen molar-refractivity contribution in [3.63, 3.8) is 0 Å². The second-order valence-corrected chi connectivity index (χ2v) is 5.85. The van der Waals surface area contributed by atoms with E-state index in [2.05, 4.69) is 24.2 Å². The maximum Gasteiger partial charge on any atom is 0.310 e. The monoisotopic (exact) mass is 242 g/mol. The minimum Gasteiger partial charge on any atom is -0.460 e. The summed E-state index contributed by atoms with van der Waals surface area (Å²) in [5.41, 5.74) is -0.388. The minimum atomic E-state index is -0.388. The van der Waals surface area contributed by atoms with Gasteiger partial charge in [-0.1, -0.05) is 6.92 Å². The van der Waals surface area contributed by atoms with Crippen LogP contribution in [0, 0.1) is 5.92 Å². The lowest BCUT2D eigenvalue weighted by Gasteiger charge is -2.35. The number of hydrogen-bond donors (Lipinski definition) is 1. The number of rotatable bonds is 3. The summed E-state index contributed by atoms with van der Waals surface area (Å²) in [6, 6.07) is 0.436. The molecule has 0 bridgehead atoms. The molecule has 1 rings (SSSR count). The molecule has 0 amide bonds. The summed E-state index contributed by atoms with van der Waals surface area (Å²) < 4.78 is 5.44. The fourth-order valence-electron chi connectivity index (χ4n) is 2.08. The maximum atomic E-state index is 12.0. The third-order valence-corrected chi connectivity index (χ3v) is 3.19. The van der Waals surface area contributed by atoms with Gasteiger partial charge in [0.15, 0.2) is 0 Å². The fourth-order valence-corrected chi connectivity index (χ4v) is 2.08. The first-order valence-corrected chi connectivity index (χ1v) is 6.47. The molecular formula is C13H26N2O2. The normalized spacial score (nSPS) is 26.0. The van der Waals surface area contributed by atoms with Crippen LogP contribution in [0.4, 0.5) is 0 Å². The van der Waals surface area contributed by atoms with Crippen molar-refractivity contribution in [2.75, 3.05) is 26.7 Å². The third-order valence-electron chi connectivity index (χ3n) is 3.19. The molecule has 0 aromatic rings. The van der Waals surface area contributed by atoms with E-state index in [1.165, 1.54) is 0 Å². The highest BCUT2D eigenvalue weighted by Gasteiger charge is 2.31. The van der Waals surface area contributed by atoms with Crippen LogP contribution in [0.2, 0.25) is 0 Å². The number of nitrogens with zero attached hydrogens (tertiary/aromatic N) is 1. The van der Waals surface area contributed by atoms with Gasteiger partial charge in [-0.3, -0.25) is 4.79 Å². The lowest BCUT2D eigenvalue weighted by Crippen LogP contribution is -2.50. The number of esters is 1. The van der Waals surface area contributed by atoms with Gasteiger partial charge in [-0.25, -0.2) is 0 Å². The van der Waals surface area contributed by atoms with Gasteiger partial charge in [-0.15, -0.1) is 0 Å².